The molecule has 0 saturated heterocycles. The summed E-state index contributed by atoms with van der Waals surface area (Å²) in [4.78, 5) is 22.7. The van der Waals surface area contributed by atoms with Crippen LogP contribution in [0.15, 0.2) is 0 Å². The van der Waals surface area contributed by atoms with Gasteiger partial charge in [0, 0.05) is 6.42 Å². The zero-order chi connectivity index (χ0) is 13.9. The maximum Gasteiger partial charge on any atom is 0.328 e. The van der Waals surface area contributed by atoms with E-state index in [0.29, 0.717) is 12.3 Å². The minimum atomic E-state index is -1.20. The number of hydrogen-bond donors (Lipinski definition) is 2. The Morgan fingerprint density at radius 3 is 2.00 bits per heavy atom. The van der Waals surface area contributed by atoms with Crippen LogP contribution in [-0.2, 0) is 9.59 Å². The van der Waals surface area contributed by atoms with Gasteiger partial charge in [0.05, 0.1) is 0 Å². The third kappa shape index (κ3) is 6.29. The van der Waals surface area contributed by atoms with Crippen LogP contribution < -0.4 is 5.32 Å². The van der Waals surface area contributed by atoms with Crippen LogP contribution in [0.1, 0.15) is 54.4 Å². The first-order chi connectivity index (χ1) is 7.46. The quantitative estimate of drug-likeness (QED) is 0.753. The van der Waals surface area contributed by atoms with Gasteiger partial charge in [0.1, 0.15) is 5.54 Å². The number of carbonyl (C=O) groups is 2. The lowest BCUT2D eigenvalue weighted by atomic mass is 9.81. The molecule has 0 heterocycles. The van der Waals surface area contributed by atoms with Crippen molar-refractivity contribution in [3.63, 3.8) is 0 Å². The van der Waals surface area contributed by atoms with Crippen LogP contribution in [-0.4, -0.2) is 22.5 Å². The highest BCUT2D eigenvalue weighted by Gasteiger charge is 2.31. The van der Waals surface area contributed by atoms with Gasteiger partial charge < -0.3 is 10.4 Å². The molecule has 0 aromatic rings. The lowest BCUT2D eigenvalue weighted by Gasteiger charge is -2.28. The van der Waals surface area contributed by atoms with Crippen molar-refractivity contribution in [3.8, 4) is 0 Å². The Morgan fingerprint density at radius 1 is 1.18 bits per heavy atom. The molecule has 0 unspecified atom stereocenters. The van der Waals surface area contributed by atoms with Crippen LogP contribution in [0.25, 0.3) is 0 Å². The van der Waals surface area contributed by atoms with E-state index in [4.69, 9.17) is 5.11 Å². The Balaban J connectivity index is 4.41. The molecule has 0 aromatic carbocycles. The first kappa shape index (κ1) is 15.9. The number of carbonyl (C=O) groups excluding carboxylic acids is 1. The van der Waals surface area contributed by atoms with E-state index < -0.39 is 11.5 Å². The van der Waals surface area contributed by atoms with Crippen molar-refractivity contribution in [2.75, 3.05) is 0 Å². The van der Waals surface area contributed by atoms with Gasteiger partial charge in [0.15, 0.2) is 0 Å². The predicted molar refractivity (Wildman–Crippen MR) is 67.7 cm³/mol. The minimum Gasteiger partial charge on any atom is -0.480 e. The van der Waals surface area contributed by atoms with Crippen LogP contribution >= 0.6 is 0 Å². The summed E-state index contributed by atoms with van der Waals surface area (Å²) in [5, 5.41) is 11.5. The topological polar surface area (TPSA) is 66.4 Å². The van der Waals surface area contributed by atoms with Gasteiger partial charge in [-0.15, -0.1) is 0 Å². The summed E-state index contributed by atoms with van der Waals surface area (Å²) >= 11 is 0. The Labute approximate surface area is 104 Å². The second kappa shape index (κ2) is 5.52. The molecule has 0 fully saturated rings. The van der Waals surface area contributed by atoms with Gasteiger partial charge in [0.2, 0.25) is 5.91 Å². The third-order valence-corrected chi connectivity index (χ3v) is 2.59. The van der Waals surface area contributed by atoms with Gasteiger partial charge in [-0.05, 0) is 31.6 Å². The van der Waals surface area contributed by atoms with Crippen molar-refractivity contribution in [2.24, 2.45) is 11.3 Å². The number of amides is 1. The Bertz CT molecular complexity index is 293. The number of carboxylic acids is 1. The molecule has 0 aliphatic heterocycles. The van der Waals surface area contributed by atoms with Crippen LogP contribution in [0.4, 0.5) is 0 Å². The van der Waals surface area contributed by atoms with Crippen molar-refractivity contribution < 1.29 is 14.7 Å². The van der Waals surface area contributed by atoms with E-state index in [-0.39, 0.29) is 11.3 Å². The van der Waals surface area contributed by atoms with Crippen molar-refractivity contribution in [1.82, 2.24) is 5.32 Å². The lowest BCUT2D eigenvalue weighted by molar-refractivity contribution is -0.146. The summed E-state index contributed by atoms with van der Waals surface area (Å²) in [6, 6.07) is 0. The fraction of sp³-hybridized carbons (Fsp3) is 0.846. The fourth-order valence-electron chi connectivity index (χ4n) is 2.06. The summed E-state index contributed by atoms with van der Waals surface area (Å²) in [6.45, 7) is 11.3. The summed E-state index contributed by atoms with van der Waals surface area (Å²) in [5.41, 5.74) is -1.31. The third-order valence-electron chi connectivity index (χ3n) is 2.59. The van der Waals surface area contributed by atoms with Crippen LogP contribution in [0.2, 0.25) is 0 Å². The molecule has 0 rings (SSSR count). The van der Waals surface area contributed by atoms with E-state index in [2.05, 4.69) is 19.2 Å². The van der Waals surface area contributed by atoms with Crippen LogP contribution in [0, 0.1) is 11.3 Å². The smallest absolute Gasteiger partial charge is 0.328 e. The normalized spacial score (nSPS) is 12.6. The first-order valence-corrected chi connectivity index (χ1v) is 6.01. The predicted octanol–water partition coefficient (Wildman–Crippen LogP) is 2.43. The fourth-order valence-corrected chi connectivity index (χ4v) is 2.06. The average Bonchev–Trinajstić information content (AvgIpc) is 1.96. The van der Waals surface area contributed by atoms with E-state index in [1.165, 1.54) is 13.8 Å². The molecule has 0 atom stereocenters. The highest BCUT2D eigenvalue weighted by molar-refractivity contribution is 5.86. The molecule has 0 saturated carbocycles. The van der Waals surface area contributed by atoms with Crippen LogP contribution in [0.3, 0.4) is 0 Å². The van der Waals surface area contributed by atoms with Gasteiger partial charge in [-0.3, -0.25) is 4.79 Å². The number of carboxylic acid groups (broad SMARTS) is 1. The lowest BCUT2D eigenvalue weighted by Crippen LogP contribution is -2.50. The number of nitrogens with one attached hydrogen (secondary N) is 1. The molecule has 4 nitrogen and oxygen atoms in total. The first-order valence-electron chi connectivity index (χ1n) is 6.01. The van der Waals surface area contributed by atoms with E-state index in [1.807, 2.05) is 13.8 Å². The highest BCUT2D eigenvalue weighted by atomic mass is 16.4. The number of aliphatic carboxylic acids is 1. The highest BCUT2D eigenvalue weighted by Crippen LogP contribution is 2.29. The SMILES string of the molecule is CC(C)CC(C)(C)CC(=O)NC(C)(C)C(=O)O. The van der Waals surface area contributed by atoms with Crippen molar-refractivity contribution >= 4 is 11.9 Å². The molecular formula is C13H25NO3. The van der Waals surface area contributed by atoms with Crippen LogP contribution in [0.5, 0.6) is 0 Å². The molecule has 0 aromatic heterocycles. The summed E-state index contributed by atoms with van der Waals surface area (Å²) in [7, 11) is 0. The molecular weight excluding hydrogens is 218 g/mol. The number of hydrogen-bond acceptors (Lipinski definition) is 2. The van der Waals surface area contributed by atoms with E-state index in [1.54, 1.807) is 0 Å². The van der Waals surface area contributed by atoms with E-state index >= 15 is 0 Å². The monoisotopic (exact) mass is 243 g/mol. The summed E-state index contributed by atoms with van der Waals surface area (Å²) < 4.78 is 0. The maximum absolute atomic E-state index is 11.8. The summed E-state index contributed by atoms with van der Waals surface area (Å²) in [5.74, 6) is -0.708. The molecule has 0 radical (unpaired) electrons. The molecule has 1 amide bonds. The zero-order valence-corrected chi connectivity index (χ0v) is 11.8. The zero-order valence-electron chi connectivity index (χ0n) is 11.8. The Hall–Kier alpha value is -1.06. The summed E-state index contributed by atoms with van der Waals surface area (Å²) in [6.07, 6.45) is 1.29. The largest absolute Gasteiger partial charge is 0.480 e. The number of rotatable bonds is 6. The minimum absolute atomic E-state index is 0.104. The van der Waals surface area contributed by atoms with Gasteiger partial charge in [0.25, 0.3) is 0 Å². The molecule has 17 heavy (non-hydrogen) atoms. The van der Waals surface area contributed by atoms with Gasteiger partial charge >= 0.3 is 5.97 Å². The molecule has 4 heteroatoms. The van der Waals surface area contributed by atoms with Gasteiger partial charge in [-0.1, -0.05) is 27.7 Å². The van der Waals surface area contributed by atoms with Gasteiger partial charge in [-0.2, -0.15) is 0 Å². The van der Waals surface area contributed by atoms with E-state index in [0.717, 1.165) is 6.42 Å². The molecule has 0 aliphatic carbocycles. The molecule has 0 spiro atoms. The molecule has 2 N–H and O–H groups in total. The Kier molecular flexibility index (Phi) is 5.17. The van der Waals surface area contributed by atoms with Crippen molar-refractivity contribution in [2.45, 2.75) is 59.9 Å². The Morgan fingerprint density at radius 2 is 1.65 bits per heavy atom. The second-order valence-electron chi connectivity index (χ2n) is 6.42. The van der Waals surface area contributed by atoms with E-state index in [9.17, 15) is 9.59 Å². The molecule has 100 valence electrons. The second-order valence-corrected chi connectivity index (χ2v) is 6.42. The van der Waals surface area contributed by atoms with Gasteiger partial charge in [-0.25, -0.2) is 4.79 Å². The maximum atomic E-state index is 11.8. The average molecular weight is 243 g/mol. The molecule has 0 aliphatic rings. The standard InChI is InChI=1S/C13H25NO3/c1-9(2)7-12(3,4)8-10(15)14-13(5,6)11(16)17/h9H,7-8H2,1-6H3,(H,14,15)(H,16,17). The van der Waals surface area contributed by atoms with Crippen molar-refractivity contribution in [1.29, 1.82) is 0 Å². The van der Waals surface area contributed by atoms with Crippen molar-refractivity contribution in [3.05, 3.63) is 0 Å². The molecule has 0 bridgehead atoms.